The summed E-state index contributed by atoms with van der Waals surface area (Å²) in [6.45, 7) is 0. The Morgan fingerprint density at radius 3 is 2.50 bits per heavy atom. The first-order valence-corrected chi connectivity index (χ1v) is 4.38. The molecule has 0 unspecified atom stereocenters. The number of nitriles is 1. The largest absolute Gasteiger partial charge is 0.192 e. The minimum atomic E-state index is 0.596. The molecule has 0 saturated carbocycles. The fourth-order valence-electron chi connectivity index (χ4n) is 1.39. The number of nitrogens with zero attached hydrogens (tertiary/aromatic N) is 1. The van der Waals surface area contributed by atoms with E-state index in [2.05, 4.69) is 12.1 Å². The summed E-state index contributed by atoms with van der Waals surface area (Å²) in [6, 6.07) is 20.5. The number of hydrogen-bond donors (Lipinski definition) is 0. The lowest BCUT2D eigenvalue weighted by Gasteiger charge is -2.02. The van der Waals surface area contributed by atoms with Crippen molar-refractivity contribution in [2.24, 2.45) is 0 Å². The first kappa shape index (κ1) is 8.52. The Balaban J connectivity index is 2.58. The van der Waals surface area contributed by atoms with Gasteiger partial charge in [0.05, 0.1) is 5.56 Å². The topological polar surface area (TPSA) is 23.8 Å². The van der Waals surface area contributed by atoms with Crippen LogP contribution >= 0.6 is 0 Å². The van der Waals surface area contributed by atoms with E-state index in [0.717, 1.165) is 11.1 Å². The molecule has 0 N–H and O–H groups in total. The molecule has 0 fully saturated rings. The van der Waals surface area contributed by atoms with E-state index in [1.54, 1.807) is 6.07 Å². The molecule has 65 valence electrons. The molecule has 14 heavy (non-hydrogen) atoms. The fourth-order valence-corrected chi connectivity index (χ4v) is 1.39. The zero-order valence-electron chi connectivity index (χ0n) is 7.57. The lowest BCUT2D eigenvalue weighted by atomic mass is 10.0. The van der Waals surface area contributed by atoms with E-state index < -0.39 is 0 Å². The summed E-state index contributed by atoms with van der Waals surface area (Å²) in [4.78, 5) is 0. The standard InChI is InChI=1S/C13H8N/c14-10-12-8-4-5-9-13(12)11-6-2-1-3-7-11/h1-7,9H. The zero-order chi connectivity index (χ0) is 9.80. The molecule has 0 aliphatic heterocycles. The van der Waals surface area contributed by atoms with Crippen LogP contribution in [0.5, 0.6) is 0 Å². The van der Waals surface area contributed by atoms with E-state index >= 15 is 0 Å². The van der Waals surface area contributed by atoms with Gasteiger partial charge in [-0.05, 0) is 5.56 Å². The lowest BCUT2D eigenvalue weighted by Crippen LogP contribution is -1.82. The van der Waals surface area contributed by atoms with Crippen LogP contribution in [-0.2, 0) is 0 Å². The van der Waals surface area contributed by atoms with Crippen LogP contribution in [0, 0.1) is 17.4 Å². The molecule has 1 radical (unpaired) electrons. The van der Waals surface area contributed by atoms with Gasteiger partial charge >= 0.3 is 0 Å². The van der Waals surface area contributed by atoms with E-state index in [9.17, 15) is 0 Å². The van der Waals surface area contributed by atoms with Gasteiger partial charge in [0, 0.05) is 11.6 Å². The third-order valence-electron chi connectivity index (χ3n) is 2.05. The maximum Gasteiger partial charge on any atom is 0.100 e. The van der Waals surface area contributed by atoms with Gasteiger partial charge in [-0.1, -0.05) is 48.5 Å². The highest BCUT2D eigenvalue weighted by molar-refractivity contribution is 5.69. The molecule has 0 heterocycles. The van der Waals surface area contributed by atoms with Crippen LogP contribution in [0.15, 0.2) is 48.5 Å². The number of rotatable bonds is 1. The Kier molecular flexibility index (Phi) is 2.29. The van der Waals surface area contributed by atoms with Gasteiger partial charge in [0.1, 0.15) is 6.07 Å². The minimum absolute atomic E-state index is 0.596. The van der Waals surface area contributed by atoms with Crippen molar-refractivity contribution in [2.45, 2.75) is 0 Å². The Morgan fingerprint density at radius 2 is 1.79 bits per heavy atom. The highest BCUT2D eigenvalue weighted by Gasteiger charge is 2.01. The van der Waals surface area contributed by atoms with E-state index in [4.69, 9.17) is 5.26 Å². The molecule has 0 amide bonds. The first-order chi connectivity index (χ1) is 6.92. The van der Waals surface area contributed by atoms with Crippen molar-refractivity contribution < 1.29 is 0 Å². The van der Waals surface area contributed by atoms with Crippen molar-refractivity contribution in [2.75, 3.05) is 0 Å². The second kappa shape index (κ2) is 3.76. The Hall–Kier alpha value is -2.07. The molecule has 2 aromatic rings. The van der Waals surface area contributed by atoms with Gasteiger partial charge in [-0.15, -0.1) is 0 Å². The lowest BCUT2D eigenvalue weighted by molar-refractivity contribution is 1.47. The van der Waals surface area contributed by atoms with Gasteiger partial charge in [-0.25, -0.2) is 0 Å². The summed E-state index contributed by atoms with van der Waals surface area (Å²) >= 11 is 0. The molecule has 2 aromatic carbocycles. The summed E-state index contributed by atoms with van der Waals surface area (Å²) in [6.07, 6.45) is 0. The Bertz CT molecular complexity index is 466. The molecule has 0 spiro atoms. The molecule has 0 aliphatic carbocycles. The van der Waals surface area contributed by atoms with Crippen molar-refractivity contribution in [3.05, 3.63) is 60.2 Å². The zero-order valence-corrected chi connectivity index (χ0v) is 7.57. The Labute approximate surface area is 83.2 Å². The molecule has 0 bridgehead atoms. The second-order valence-corrected chi connectivity index (χ2v) is 2.94. The van der Waals surface area contributed by atoms with Gasteiger partial charge in [0.25, 0.3) is 0 Å². The smallest absolute Gasteiger partial charge is 0.100 e. The van der Waals surface area contributed by atoms with Gasteiger partial charge in [0.15, 0.2) is 0 Å². The Morgan fingerprint density at radius 1 is 1.00 bits per heavy atom. The molecule has 2 rings (SSSR count). The van der Waals surface area contributed by atoms with Crippen molar-refractivity contribution in [3.63, 3.8) is 0 Å². The quantitative estimate of drug-likeness (QED) is 0.658. The normalized spacial score (nSPS) is 9.36. The molecule has 0 aliphatic rings. The first-order valence-electron chi connectivity index (χ1n) is 4.38. The molecular weight excluding hydrogens is 170 g/mol. The van der Waals surface area contributed by atoms with Crippen LogP contribution in [-0.4, -0.2) is 0 Å². The van der Waals surface area contributed by atoms with E-state index in [-0.39, 0.29) is 0 Å². The third kappa shape index (κ3) is 1.51. The highest BCUT2D eigenvalue weighted by Crippen LogP contribution is 2.21. The summed E-state index contributed by atoms with van der Waals surface area (Å²) in [5.41, 5.74) is 2.59. The minimum Gasteiger partial charge on any atom is -0.192 e. The van der Waals surface area contributed by atoms with Gasteiger partial charge < -0.3 is 0 Å². The van der Waals surface area contributed by atoms with Crippen LogP contribution in [0.2, 0.25) is 0 Å². The van der Waals surface area contributed by atoms with Crippen molar-refractivity contribution >= 4 is 0 Å². The molecule has 0 saturated heterocycles. The van der Waals surface area contributed by atoms with Crippen LogP contribution in [0.3, 0.4) is 0 Å². The second-order valence-electron chi connectivity index (χ2n) is 2.94. The van der Waals surface area contributed by atoms with Gasteiger partial charge in [-0.2, -0.15) is 5.26 Å². The maximum absolute atomic E-state index is 8.90. The van der Waals surface area contributed by atoms with Gasteiger partial charge in [0.2, 0.25) is 0 Å². The van der Waals surface area contributed by atoms with Crippen molar-refractivity contribution in [1.29, 1.82) is 5.26 Å². The van der Waals surface area contributed by atoms with Crippen molar-refractivity contribution in [1.82, 2.24) is 0 Å². The predicted molar refractivity (Wildman–Crippen MR) is 55.4 cm³/mol. The van der Waals surface area contributed by atoms with E-state index in [1.807, 2.05) is 42.5 Å². The average molecular weight is 178 g/mol. The molecular formula is C13H8N. The third-order valence-corrected chi connectivity index (χ3v) is 2.05. The van der Waals surface area contributed by atoms with Crippen molar-refractivity contribution in [3.8, 4) is 17.2 Å². The molecule has 0 atom stereocenters. The monoisotopic (exact) mass is 178 g/mol. The summed E-state index contributed by atoms with van der Waals surface area (Å²) < 4.78 is 0. The van der Waals surface area contributed by atoms with Crippen LogP contribution < -0.4 is 0 Å². The molecule has 1 heteroatoms. The van der Waals surface area contributed by atoms with Crippen LogP contribution in [0.4, 0.5) is 0 Å². The number of hydrogen-bond acceptors (Lipinski definition) is 1. The SMILES string of the molecule is N#Cc1[c]cccc1-c1ccccc1. The molecule has 1 nitrogen and oxygen atoms in total. The fraction of sp³-hybridized carbons (Fsp3) is 0. The molecule has 0 aromatic heterocycles. The summed E-state index contributed by atoms with van der Waals surface area (Å²) in [7, 11) is 0. The van der Waals surface area contributed by atoms with E-state index in [1.165, 1.54) is 0 Å². The summed E-state index contributed by atoms with van der Waals surface area (Å²) in [5, 5.41) is 8.90. The van der Waals surface area contributed by atoms with Crippen LogP contribution in [0.1, 0.15) is 5.56 Å². The number of benzene rings is 2. The van der Waals surface area contributed by atoms with Gasteiger partial charge in [-0.3, -0.25) is 0 Å². The van der Waals surface area contributed by atoms with E-state index in [0.29, 0.717) is 5.56 Å². The predicted octanol–water partition coefficient (Wildman–Crippen LogP) is 3.03. The average Bonchev–Trinajstić information content (AvgIpc) is 2.30. The highest BCUT2D eigenvalue weighted by atomic mass is 14.2. The van der Waals surface area contributed by atoms with Crippen LogP contribution in [0.25, 0.3) is 11.1 Å². The summed E-state index contributed by atoms with van der Waals surface area (Å²) in [5.74, 6) is 0. The maximum atomic E-state index is 8.90.